The molecule has 0 atom stereocenters. The van der Waals surface area contributed by atoms with Crippen LogP contribution in [0.5, 0.6) is 5.88 Å². The van der Waals surface area contributed by atoms with Gasteiger partial charge in [0.2, 0.25) is 5.82 Å². The number of aromatic nitrogens is 3. The van der Waals surface area contributed by atoms with Crippen LogP contribution in [0.2, 0.25) is 0 Å². The molecule has 2 aromatic heterocycles. The number of halogens is 3. The zero-order valence-corrected chi connectivity index (χ0v) is 10.9. The lowest BCUT2D eigenvalue weighted by atomic mass is 10.1. The number of ether oxygens (including phenoxy) is 1. The second kappa shape index (κ2) is 5.51. The highest BCUT2D eigenvalue weighted by Gasteiger charge is 2.38. The average molecular weight is 311 g/mol. The van der Waals surface area contributed by atoms with Gasteiger partial charge in [-0.25, -0.2) is 0 Å². The molecule has 0 spiro atoms. The van der Waals surface area contributed by atoms with Gasteiger partial charge in [-0.1, -0.05) is 29.4 Å². The highest BCUT2D eigenvalue weighted by atomic mass is 19.4. The summed E-state index contributed by atoms with van der Waals surface area (Å²) in [6.07, 6.45) is -3.27. The summed E-state index contributed by atoms with van der Waals surface area (Å²) in [6, 6.07) is 8.07. The summed E-state index contributed by atoms with van der Waals surface area (Å²) >= 11 is 0. The average Bonchev–Trinajstić information content (AvgIpc) is 3.16. The lowest BCUT2D eigenvalue weighted by Gasteiger charge is -2.02. The molecule has 0 N–H and O–H groups in total. The topological polar surface area (TPSA) is 74.2 Å². The van der Waals surface area contributed by atoms with E-state index in [1.165, 1.54) is 6.26 Å². The Balaban J connectivity index is 1.70. The molecule has 0 saturated carbocycles. The van der Waals surface area contributed by atoms with Crippen LogP contribution in [0.3, 0.4) is 0 Å². The van der Waals surface area contributed by atoms with E-state index in [1.807, 2.05) is 0 Å². The first-order valence-electron chi connectivity index (χ1n) is 6.06. The molecule has 1 aromatic carbocycles. The van der Waals surface area contributed by atoms with Gasteiger partial charge in [0, 0.05) is 11.6 Å². The van der Waals surface area contributed by atoms with Gasteiger partial charge in [0.25, 0.3) is 5.88 Å². The summed E-state index contributed by atoms with van der Waals surface area (Å²) in [5.74, 6) is -1.16. The molecule has 0 aliphatic rings. The summed E-state index contributed by atoms with van der Waals surface area (Å²) in [7, 11) is 0. The van der Waals surface area contributed by atoms with Crippen molar-refractivity contribution in [2.24, 2.45) is 0 Å². The van der Waals surface area contributed by atoms with Crippen LogP contribution in [0.25, 0.3) is 11.4 Å². The molecule has 3 aromatic rings. The van der Waals surface area contributed by atoms with E-state index >= 15 is 0 Å². The van der Waals surface area contributed by atoms with Crippen molar-refractivity contribution >= 4 is 0 Å². The first kappa shape index (κ1) is 14.1. The second-order valence-corrected chi connectivity index (χ2v) is 4.24. The highest BCUT2D eigenvalue weighted by Crippen LogP contribution is 2.29. The molecule has 0 bridgehead atoms. The summed E-state index contributed by atoms with van der Waals surface area (Å²) < 4.78 is 51.3. The van der Waals surface area contributed by atoms with E-state index in [-0.39, 0.29) is 12.4 Å². The number of rotatable bonds is 4. The lowest BCUT2D eigenvalue weighted by Crippen LogP contribution is -2.04. The standard InChI is InChI=1S/C13H8F3N3O3/c14-13(15,16)12-17-11(19-22-12)9-3-1-8(2-4-9)7-20-10-5-6-21-18-10/h1-6H,7H2. The van der Waals surface area contributed by atoms with E-state index in [1.54, 1.807) is 30.3 Å². The van der Waals surface area contributed by atoms with Crippen LogP contribution in [0, 0.1) is 0 Å². The Morgan fingerprint density at radius 2 is 1.82 bits per heavy atom. The Bertz CT molecular complexity index is 736. The van der Waals surface area contributed by atoms with Crippen molar-refractivity contribution in [2.75, 3.05) is 0 Å². The van der Waals surface area contributed by atoms with Crippen LogP contribution in [-0.4, -0.2) is 15.3 Å². The predicted octanol–water partition coefficient (Wildman–Crippen LogP) is 3.32. The van der Waals surface area contributed by atoms with E-state index < -0.39 is 12.1 Å². The first-order chi connectivity index (χ1) is 10.5. The van der Waals surface area contributed by atoms with Crippen LogP contribution in [0.4, 0.5) is 13.2 Å². The molecule has 0 unspecified atom stereocenters. The largest absolute Gasteiger partial charge is 0.471 e. The van der Waals surface area contributed by atoms with Crippen molar-refractivity contribution in [2.45, 2.75) is 12.8 Å². The van der Waals surface area contributed by atoms with Crippen LogP contribution in [0.1, 0.15) is 11.5 Å². The van der Waals surface area contributed by atoms with E-state index in [2.05, 4.69) is 24.3 Å². The molecular formula is C13H8F3N3O3. The van der Waals surface area contributed by atoms with Crippen molar-refractivity contribution in [3.63, 3.8) is 0 Å². The second-order valence-electron chi connectivity index (χ2n) is 4.24. The monoisotopic (exact) mass is 311 g/mol. The van der Waals surface area contributed by atoms with Crippen molar-refractivity contribution in [3.05, 3.63) is 48.0 Å². The van der Waals surface area contributed by atoms with Gasteiger partial charge in [-0.3, -0.25) is 0 Å². The van der Waals surface area contributed by atoms with Gasteiger partial charge < -0.3 is 13.8 Å². The molecular weight excluding hydrogens is 303 g/mol. The van der Waals surface area contributed by atoms with Gasteiger partial charge in [0.1, 0.15) is 12.9 Å². The number of hydrogen-bond acceptors (Lipinski definition) is 6. The van der Waals surface area contributed by atoms with E-state index in [0.717, 1.165) is 5.56 Å². The number of hydrogen-bond donors (Lipinski definition) is 0. The fourth-order valence-corrected chi connectivity index (χ4v) is 1.64. The molecule has 0 radical (unpaired) electrons. The summed E-state index contributed by atoms with van der Waals surface area (Å²) in [6.45, 7) is 0.243. The van der Waals surface area contributed by atoms with Gasteiger partial charge in [-0.15, -0.1) is 0 Å². The van der Waals surface area contributed by atoms with Crippen LogP contribution in [-0.2, 0) is 12.8 Å². The molecule has 6 nitrogen and oxygen atoms in total. The van der Waals surface area contributed by atoms with Crippen LogP contribution in [0.15, 0.2) is 45.6 Å². The molecule has 2 heterocycles. The van der Waals surface area contributed by atoms with Crippen LogP contribution >= 0.6 is 0 Å². The third-order valence-electron chi connectivity index (χ3n) is 2.68. The van der Waals surface area contributed by atoms with Crippen molar-refractivity contribution in [1.82, 2.24) is 15.3 Å². The molecule has 0 saturated heterocycles. The Hall–Kier alpha value is -2.84. The minimum Gasteiger partial charge on any atom is -0.471 e. The molecule has 114 valence electrons. The number of nitrogens with zero attached hydrogens (tertiary/aromatic N) is 3. The van der Waals surface area contributed by atoms with Gasteiger partial charge in [0.15, 0.2) is 0 Å². The highest BCUT2D eigenvalue weighted by molar-refractivity contribution is 5.54. The van der Waals surface area contributed by atoms with Gasteiger partial charge in [-0.2, -0.15) is 18.2 Å². The van der Waals surface area contributed by atoms with Crippen molar-refractivity contribution in [1.29, 1.82) is 0 Å². The SMILES string of the molecule is FC(F)(F)c1nc(-c2ccc(COc3ccon3)cc2)no1. The Kier molecular flexibility index (Phi) is 3.53. The molecule has 0 fully saturated rings. The minimum atomic E-state index is -4.66. The van der Waals surface area contributed by atoms with Crippen LogP contribution < -0.4 is 4.74 Å². The quantitative estimate of drug-likeness (QED) is 0.736. The zero-order chi connectivity index (χ0) is 15.6. The predicted molar refractivity (Wildman–Crippen MR) is 65.6 cm³/mol. The van der Waals surface area contributed by atoms with Gasteiger partial charge in [0.05, 0.1) is 0 Å². The molecule has 0 amide bonds. The van der Waals surface area contributed by atoms with E-state index in [0.29, 0.717) is 11.4 Å². The zero-order valence-electron chi connectivity index (χ0n) is 10.9. The smallest absolute Gasteiger partial charge is 0.471 e. The maximum atomic E-state index is 12.4. The first-order valence-corrected chi connectivity index (χ1v) is 6.06. The Morgan fingerprint density at radius 1 is 1.05 bits per heavy atom. The fourth-order valence-electron chi connectivity index (χ4n) is 1.64. The number of alkyl halides is 3. The summed E-state index contributed by atoms with van der Waals surface area (Å²) in [5, 5.41) is 6.90. The number of benzene rings is 1. The molecule has 9 heteroatoms. The van der Waals surface area contributed by atoms with Crippen molar-refractivity contribution in [3.8, 4) is 17.3 Å². The molecule has 0 aliphatic heterocycles. The third kappa shape index (κ3) is 3.08. The summed E-state index contributed by atoms with van der Waals surface area (Å²) in [4.78, 5) is 3.31. The maximum Gasteiger partial charge on any atom is 0.471 e. The maximum absolute atomic E-state index is 12.4. The van der Waals surface area contributed by atoms with Gasteiger partial charge >= 0.3 is 12.1 Å². The van der Waals surface area contributed by atoms with Gasteiger partial charge in [-0.05, 0) is 10.7 Å². The molecule has 3 rings (SSSR count). The van der Waals surface area contributed by atoms with E-state index in [9.17, 15) is 13.2 Å². The third-order valence-corrected chi connectivity index (χ3v) is 2.68. The minimum absolute atomic E-state index is 0.128. The Morgan fingerprint density at radius 3 is 2.41 bits per heavy atom. The Labute approximate surface area is 121 Å². The fraction of sp³-hybridized carbons (Fsp3) is 0.154. The molecule has 22 heavy (non-hydrogen) atoms. The normalized spacial score (nSPS) is 11.6. The lowest BCUT2D eigenvalue weighted by molar-refractivity contribution is -0.159. The van der Waals surface area contributed by atoms with E-state index in [4.69, 9.17) is 4.74 Å². The summed E-state index contributed by atoms with van der Waals surface area (Å²) in [5.41, 5.74) is 1.20. The molecule has 0 aliphatic carbocycles. The van der Waals surface area contributed by atoms with Crippen molar-refractivity contribution < 1.29 is 27.0 Å².